The standard InChI is InChI=1S/C15H9NO2S/c16-9-10-5-6-12-13(17)8-11-3-1-2-4-14(11)19(18)15(12)7-10/h1-7H,8H2. The van der Waals surface area contributed by atoms with Crippen molar-refractivity contribution in [3.05, 3.63) is 59.2 Å². The molecule has 3 rings (SSSR count). The Morgan fingerprint density at radius 1 is 1.16 bits per heavy atom. The molecule has 4 heteroatoms. The van der Waals surface area contributed by atoms with Gasteiger partial charge in [0.1, 0.15) is 0 Å². The molecule has 0 saturated heterocycles. The van der Waals surface area contributed by atoms with Gasteiger partial charge in [0, 0.05) is 29.2 Å². The second-order valence-corrected chi connectivity index (χ2v) is 5.72. The van der Waals surface area contributed by atoms with E-state index in [9.17, 15) is 9.35 Å². The van der Waals surface area contributed by atoms with Gasteiger partial charge in [-0.25, -0.2) is 0 Å². The summed E-state index contributed by atoms with van der Waals surface area (Å²) in [6.07, 6.45) is 0.251. The zero-order valence-electron chi connectivity index (χ0n) is 9.92. The van der Waals surface area contributed by atoms with Gasteiger partial charge < -0.3 is 4.55 Å². The van der Waals surface area contributed by atoms with Crippen molar-refractivity contribution in [1.82, 2.24) is 0 Å². The maximum atomic E-state index is 12.6. The van der Waals surface area contributed by atoms with E-state index in [-0.39, 0.29) is 12.2 Å². The van der Waals surface area contributed by atoms with Crippen LogP contribution in [0, 0.1) is 11.3 Å². The maximum absolute atomic E-state index is 12.6. The molecule has 0 spiro atoms. The lowest BCUT2D eigenvalue weighted by molar-refractivity contribution is 0.0990. The van der Waals surface area contributed by atoms with Crippen LogP contribution in [0.15, 0.2) is 52.3 Å². The van der Waals surface area contributed by atoms with E-state index in [0.29, 0.717) is 20.9 Å². The van der Waals surface area contributed by atoms with Crippen LogP contribution in [0.3, 0.4) is 0 Å². The lowest BCUT2D eigenvalue weighted by Crippen LogP contribution is -2.06. The van der Waals surface area contributed by atoms with Crippen molar-refractivity contribution in [1.29, 1.82) is 5.26 Å². The van der Waals surface area contributed by atoms with Crippen LogP contribution in [0.25, 0.3) is 0 Å². The topological polar surface area (TPSA) is 63.9 Å². The summed E-state index contributed by atoms with van der Waals surface area (Å²) in [5.74, 6) is -0.0576. The minimum Gasteiger partial charge on any atom is -0.606 e. The van der Waals surface area contributed by atoms with E-state index in [4.69, 9.17) is 5.26 Å². The Labute approximate surface area is 113 Å². The van der Waals surface area contributed by atoms with Gasteiger partial charge in [0.2, 0.25) is 0 Å². The summed E-state index contributed by atoms with van der Waals surface area (Å²) in [7, 11) is 0. The van der Waals surface area contributed by atoms with E-state index in [1.165, 1.54) is 0 Å². The first-order chi connectivity index (χ1) is 9.20. The molecule has 0 saturated carbocycles. The lowest BCUT2D eigenvalue weighted by Gasteiger charge is -2.11. The molecule has 0 N–H and O–H groups in total. The fourth-order valence-corrected chi connectivity index (χ4v) is 3.63. The molecule has 1 aliphatic rings. The van der Waals surface area contributed by atoms with Gasteiger partial charge >= 0.3 is 0 Å². The molecule has 0 amide bonds. The highest BCUT2D eigenvalue weighted by atomic mass is 32.2. The minimum absolute atomic E-state index is 0.0576. The Morgan fingerprint density at radius 2 is 1.95 bits per heavy atom. The molecule has 3 nitrogen and oxygen atoms in total. The predicted octanol–water partition coefficient (Wildman–Crippen LogP) is 2.46. The van der Waals surface area contributed by atoms with Crippen LogP contribution in [-0.4, -0.2) is 10.3 Å². The lowest BCUT2D eigenvalue weighted by atomic mass is 10.0. The van der Waals surface area contributed by atoms with Crippen molar-refractivity contribution in [2.45, 2.75) is 16.2 Å². The number of carbonyl (C=O) groups excluding carboxylic acids is 1. The molecule has 0 aliphatic carbocycles. The van der Waals surface area contributed by atoms with Gasteiger partial charge in [0.15, 0.2) is 15.6 Å². The van der Waals surface area contributed by atoms with Crippen LogP contribution in [0.2, 0.25) is 0 Å². The normalized spacial score (nSPS) is 17.1. The van der Waals surface area contributed by atoms with Crippen molar-refractivity contribution in [2.75, 3.05) is 0 Å². The zero-order valence-corrected chi connectivity index (χ0v) is 10.7. The molecular weight excluding hydrogens is 258 g/mol. The smallest absolute Gasteiger partial charge is 0.172 e. The van der Waals surface area contributed by atoms with E-state index < -0.39 is 11.2 Å². The van der Waals surface area contributed by atoms with Gasteiger partial charge in [-0.15, -0.1) is 0 Å². The molecule has 0 radical (unpaired) electrons. The van der Waals surface area contributed by atoms with E-state index in [1.54, 1.807) is 30.3 Å². The quantitative estimate of drug-likeness (QED) is 0.689. The molecule has 19 heavy (non-hydrogen) atoms. The number of hydrogen-bond donors (Lipinski definition) is 0. The number of hydrogen-bond acceptors (Lipinski definition) is 3. The summed E-state index contributed by atoms with van der Waals surface area (Å²) >= 11 is -1.41. The summed E-state index contributed by atoms with van der Waals surface area (Å²) in [6, 6.07) is 14.0. The van der Waals surface area contributed by atoms with Crippen LogP contribution >= 0.6 is 0 Å². The zero-order chi connectivity index (χ0) is 13.4. The fourth-order valence-electron chi connectivity index (χ4n) is 2.19. The Bertz CT molecular complexity index is 718. The predicted molar refractivity (Wildman–Crippen MR) is 70.3 cm³/mol. The third-order valence-electron chi connectivity index (χ3n) is 3.13. The maximum Gasteiger partial charge on any atom is 0.172 e. The molecule has 2 aromatic rings. The first-order valence-electron chi connectivity index (χ1n) is 5.78. The molecule has 0 bridgehead atoms. The average Bonchev–Trinajstić information content (AvgIpc) is 2.55. The van der Waals surface area contributed by atoms with Crippen LogP contribution in [0.4, 0.5) is 0 Å². The Balaban J connectivity index is 2.26. The summed E-state index contributed by atoms with van der Waals surface area (Å²) in [5, 5.41) is 8.92. The molecule has 92 valence electrons. The SMILES string of the molecule is N#Cc1ccc2c(c1)[S+]([O-])c1ccccc1CC2=O. The third kappa shape index (κ3) is 1.93. The number of carbonyl (C=O) groups is 1. The summed E-state index contributed by atoms with van der Waals surface area (Å²) < 4.78 is 12.6. The Morgan fingerprint density at radius 3 is 2.74 bits per heavy atom. The van der Waals surface area contributed by atoms with E-state index in [0.717, 1.165) is 5.56 Å². The molecule has 1 atom stereocenters. The fraction of sp³-hybridized carbons (Fsp3) is 0.0667. The first-order valence-corrected chi connectivity index (χ1v) is 6.92. The molecule has 0 aromatic heterocycles. The van der Waals surface area contributed by atoms with Crippen molar-refractivity contribution in [2.24, 2.45) is 0 Å². The van der Waals surface area contributed by atoms with Gasteiger partial charge in [0.25, 0.3) is 0 Å². The highest BCUT2D eigenvalue weighted by molar-refractivity contribution is 7.91. The molecule has 1 heterocycles. The minimum atomic E-state index is -1.41. The van der Waals surface area contributed by atoms with Crippen LogP contribution in [0.5, 0.6) is 0 Å². The van der Waals surface area contributed by atoms with Gasteiger partial charge in [-0.1, -0.05) is 18.2 Å². The first kappa shape index (κ1) is 12.0. The number of rotatable bonds is 0. The number of nitriles is 1. The molecule has 1 aliphatic heterocycles. The van der Waals surface area contributed by atoms with Gasteiger partial charge in [-0.2, -0.15) is 5.26 Å². The number of benzene rings is 2. The van der Waals surface area contributed by atoms with E-state index >= 15 is 0 Å². The summed E-state index contributed by atoms with van der Waals surface area (Å²) in [5.41, 5.74) is 1.66. The summed E-state index contributed by atoms with van der Waals surface area (Å²) in [6.45, 7) is 0. The molecular formula is C15H9NO2S. The summed E-state index contributed by atoms with van der Waals surface area (Å²) in [4.78, 5) is 13.3. The van der Waals surface area contributed by atoms with E-state index in [2.05, 4.69) is 0 Å². The Kier molecular flexibility index (Phi) is 2.86. The van der Waals surface area contributed by atoms with Crippen molar-refractivity contribution in [3.8, 4) is 6.07 Å². The van der Waals surface area contributed by atoms with E-state index in [1.807, 2.05) is 18.2 Å². The largest absolute Gasteiger partial charge is 0.606 e. The highest BCUT2D eigenvalue weighted by Gasteiger charge is 2.30. The molecule has 2 aromatic carbocycles. The van der Waals surface area contributed by atoms with Crippen molar-refractivity contribution < 1.29 is 9.35 Å². The van der Waals surface area contributed by atoms with Crippen LogP contribution in [0.1, 0.15) is 21.5 Å². The van der Waals surface area contributed by atoms with Gasteiger partial charge in [0.05, 0.1) is 17.2 Å². The van der Waals surface area contributed by atoms with Crippen LogP contribution < -0.4 is 0 Å². The second-order valence-electron chi connectivity index (χ2n) is 4.30. The number of nitrogens with zero attached hydrogens (tertiary/aromatic N) is 1. The molecule has 0 fully saturated rings. The second kappa shape index (κ2) is 4.54. The number of ketones is 1. The third-order valence-corrected chi connectivity index (χ3v) is 4.67. The van der Waals surface area contributed by atoms with Gasteiger partial charge in [-0.3, -0.25) is 4.79 Å². The van der Waals surface area contributed by atoms with Gasteiger partial charge in [-0.05, 0) is 18.2 Å². The number of fused-ring (bicyclic) bond motifs is 2. The highest BCUT2D eigenvalue weighted by Crippen LogP contribution is 2.32. The van der Waals surface area contributed by atoms with Crippen molar-refractivity contribution >= 4 is 17.0 Å². The average molecular weight is 267 g/mol. The monoisotopic (exact) mass is 267 g/mol. The Hall–Kier alpha value is -2.09. The van der Waals surface area contributed by atoms with Crippen LogP contribution in [-0.2, 0) is 17.6 Å². The van der Waals surface area contributed by atoms with Crippen molar-refractivity contribution in [3.63, 3.8) is 0 Å². The number of Topliss-reactive ketones (excluding diaryl/α,β-unsaturated/α-hetero) is 1. The molecule has 1 unspecified atom stereocenters.